The van der Waals surface area contributed by atoms with Crippen LogP contribution in [0.1, 0.15) is 167 Å². The molecule has 7 nitrogen and oxygen atoms in total. The molecule has 0 radical (unpaired) electrons. The molecule has 0 aliphatic carbocycles. The van der Waals surface area contributed by atoms with Crippen LogP contribution < -0.4 is 0 Å². The number of nitrogens with zero attached hydrogens (tertiary/aromatic N) is 1. The summed E-state index contributed by atoms with van der Waals surface area (Å²) in [5.41, 5.74) is 0. The van der Waals surface area contributed by atoms with Crippen molar-refractivity contribution < 1.29 is 34.2 Å². The van der Waals surface area contributed by atoms with Gasteiger partial charge in [-0.05, 0) is 38.5 Å². The van der Waals surface area contributed by atoms with Crippen LogP contribution in [-0.2, 0) is 14.4 Å². The van der Waals surface area contributed by atoms with Crippen LogP contribution in [0.25, 0.3) is 0 Å². The maximum Gasteiger partial charge on any atom is 0.303 e. The topological polar surface area (TPSA) is 112 Å². The van der Waals surface area contributed by atoms with E-state index >= 15 is 0 Å². The molecule has 246 valence electrons. The maximum absolute atomic E-state index is 11.1. The fraction of sp³-hybridized carbons (Fsp3) is 0.857. The highest BCUT2D eigenvalue weighted by molar-refractivity contribution is 5.67. The second-order valence-corrected chi connectivity index (χ2v) is 12.4. The van der Waals surface area contributed by atoms with Crippen molar-refractivity contribution in [1.82, 2.24) is 0 Å². The molecule has 0 aliphatic rings. The molecular formula is C35H66NO6+. The predicted octanol–water partition coefficient (Wildman–Crippen LogP) is 9.39. The fourth-order valence-electron chi connectivity index (χ4n) is 5.95. The fourth-order valence-corrected chi connectivity index (χ4v) is 5.95. The van der Waals surface area contributed by atoms with Gasteiger partial charge in [0.2, 0.25) is 0 Å². The Morgan fingerprint density at radius 2 is 0.714 bits per heavy atom. The second kappa shape index (κ2) is 29.2. The molecule has 3 N–H and O–H groups in total. The molecule has 42 heavy (non-hydrogen) atoms. The van der Waals surface area contributed by atoms with Gasteiger partial charge in [0.05, 0.1) is 45.4 Å². The van der Waals surface area contributed by atoms with Crippen LogP contribution in [0.3, 0.4) is 0 Å². The minimum absolute atomic E-state index is 0.0918. The van der Waals surface area contributed by atoms with Crippen molar-refractivity contribution in [3.63, 3.8) is 0 Å². The van der Waals surface area contributed by atoms with Gasteiger partial charge in [0.1, 0.15) is 0 Å². The van der Waals surface area contributed by atoms with Crippen molar-refractivity contribution in [3.05, 3.63) is 12.2 Å². The Morgan fingerprint density at radius 3 is 1.05 bits per heavy atom. The smallest absolute Gasteiger partial charge is 0.303 e. The number of unbranched alkanes of at least 4 members (excludes halogenated alkanes) is 17. The summed E-state index contributed by atoms with van der Waals surface area (Å²) < 4.78 is 0.642. The summed E-state index contributed by atoms with van der Waals surface area (Å²) in [7, 11) is 0. The molecule has 0 spiro atoms. The third-order valence-electron chi connectivity index (χ3n) is 8.46. The second-order valence-electron chi connectivity index (χ2n) is 12.4. The maximum atomic E-state index is 11.1. The number of hydrogen-bond donors (Lipinski definition) is 3. The lowest BCUT2D eigenvalue weighted by atomic mass is 10.0. The zero-order valence-corrected chi connectivity index (χ0v) is 27.2. The number of carbonyl (C=O) groups is 3. The molecule has 0 bridgehead atoms. The van der Waals surface area contributed by atoms with Crippen LogP contribution in [0.5, 0.6) is 0 Å². The zero-order valence-electron chi connectivity index (χ0n) is 27.2. The molecule has 0 saturated heterocycles. The first-order chi connectivity index (χ1) is 20.3. The lowest BCUT2D eigenvalue weighted by molar-refractivity contribution is -0.929. The van der Waals surface area contributed by atoms with Crippen molar-refractivity contribution in [2.75, 3.05) is 26.2 Å². The number of allylic oxidation sites excluding steroid dienone is 2. The van der Waals surface area contributed by atoms with Gasteiger partial charge >= 0.3 is 17.9 Å². The Bertz CT molecular complexity index is 643. The third-order valence-corrected chi connectivity index (χ3v) is 8.46. The lowest BCUT2D eigenvalue weighted by Crippen LogP contribution is -2.51. The number of quaternary nitrogens is 1. The minimum Gasteiger partial charge on any atom is -0.481 e. The Balaban J connectivity index is 4.04. The molecule has 0 fully saturated rings. The Labute approximate surface area is 257 Å². The van der Waals surface area contributed by atoms with E-state index in [1.54, 1.807) is 0 Å². The molecule has 0 heterocycles. The minimum atomic E-state index is -0.823. The lowest BCUT2D eigenvalue weighted by Gasteiger charge is -2.39. The van der Waals surface area contributed by atoms with Crippen LogP contribution in [0.4, 0.5) is 0 Å². The normalized spacial score (nSPS) is 11.8. The van der Waals surface area contributed by atoms with Gasteiger partial charge in [0.25, 0.3) is 0 Å². The Morgan fingerprint density at radius 1 is 0.429 bits per heavy atom. The van der Waals surface area contributed by atoms with Crippen molar-refractivity contribution in [2.24, 2.45) is 0 Å². The first kappa shape index (κ1) is 40.1. The number of aliphatic carboxylic acids is 3. The van der Waals surface area contributed by atoms with Gasteiger partial charge in [0, 0.05) is 19.3 Å². The van der Waals surface area contributed by atoms with Gasteiger partial charge in [-0.1, -0.05) is 103 Å². The Hall–Kier alpha value is -1.89. The van der Waals surface area contributed by atoms with Crippen molar-refractivity contribution in [1.29, 1.82) is 0 Å². The summed E-state index contributed by atoms with van der Waals surface area (Å²) in [6.45, 7) is 5.14. The van der Waals surface area contributed by atoms with E-state index in [0.29, 0.717) is 43.4 Å². The molecule has 0 rings (SSSR count). The van der Waals surface area contributed by atoms with Gasteiger partial charge < -0.3 is 19.8 Å². The number of carboxylic acids is 3. The molecule has 0 atom stereocenters. The summed E-state index contributed by atoms with van der Waals surface area (Å²) in [6, 6.07) is 0. The molecular weight excluding hydrogens is 530 g/mol. The average Bonchev–Trinajstić information content (AvgIpc) is 2.93. The average molecular weight is 597 g/mol. The first-order valence-corrected chi connectivity index (χ1v) is 17.5. The molecule has 0 aromatic rings. The van der Waals surface area contributed by atoms with E-state index in [-0.39, 0.29) is 19.3 Å². The SMILES string of the molecule is CCCCCCC/C=C/CCCCCCCCCCCCCC[N+](CCCC(=O)O)(CCCC(=O)O)CCCC(=O)O. The highest BCUT2D eigenvalue weighted by Crippen LogP contribution is 2.19. The van der Waals surface area contributed by atoms with Gasteiger partial charge in [-0.2, -0.15) is 0 Å². The summed E-state index contributed by atoms with van der Waals surface area (Å²) in [6.07, 6.45) is 31.1. The number of hydrogen-bond acceptors (Lipinski definition) is 3. The van der Waals surface area contributed by atoms with E-state index in [1.807, 2.05) is 0 Å². The van der Waals surface area contributed by atoms with Crippen molar-refractivity contribution in [2.45, 2.75) is 167 Å². The van der Waals surface area contributed by atoms with Crippen LogP contribution in [-0.4, -0.2) is 63.9 Å². The standard InChI is InChI=1S/C35H65NO6/c1-2-3-4-5-6-7-8-9-10-11-12-13-14-15-16-17-18-19-20-21-22-29-36(30-23-26-33(37)38,31-24-27-34(39)40)32-25-28-35(41)42/h8-9H,2-7,10-32H2,1H3,(H2-,37,38,39,40,41,42)/p+1/b9-8+. The summed E-state index contributed by atoms with van der Waals surface area (Å²) in [5.74, 6) is -2.47. The monoisotopic (exact) mass is 596 g/mol. The zero-order chi connectivity index (χ0) is 31.2. The third kappa shape index (κ3) is 28.2. The van der Waals surface area contributed by atoms with E-state index in [9.17, 15) is 14.4 Å². The first-order valence-electron chi connectivity index (χ1n) is 17.5. The number of carboxylic acid groups (broad SMARTS) is 3. The molecule has 7 heteroatoms. The molecule has 0 saturated carbocycles. The van der Waals surface area contributed by atoms with E-state index < -0.39 is 17.9 Å². The summed E-state index contributed by atoms with van der Waals surface area (Å²) in [4.78, 5) is 33.2. The predicted molar refractivity (Wildman–Crippen MR) is 173 cm³/mol. The van der Waals surface area contributed by atoms with E-state index in [1.165, 1.54) is 109 Å². The molecule has 0 aromatic heterocycles. The van der Waals surface area contributed by atoms with Crippen LogP contribution in [0, 0.1) is 0 Å². The Kier molecular flexibility index (Phi) is 27.9. The molecule has 0 amide bonds. The van der Waals surface area contributed by atoms with Crippen molar-refractivity contribution in [3.8, 4) is 0 Å². The van der Waals surface area contributed by atoms with Crippen LogP contribution in [0.15, 0.2) is 12.2 Å². The van der Waals surface area contributed by atoms with Gasteiger partial charge in [-0.25, -0.2) is 0 Å². The molecule has 0 unspecified atom stereocenters. The van der Waals surface area contributed by atoms with E-state index in [0.717, 1.165) is 19.4 Å². The number of rotatable bonds is 33. The van der Waals surface area contributed by atoms with E-state index in [2.05, 4.69) is 19.1 Å². The summed E-state index contributed by atoms with van der Waals surface area (Å²) in [5, 5.41) is 27.3. The summed E-state index contributed by atoms with van der Waals surface area (Å²) >= 11 is 0. The highest BCUT2D eigenvalue weighted by Gasteiger charge is 2.27. The molecule has 0 aliphatic heterocycles. The quantitative estimate of drug-likeness (QED) is 0.0395. The van der Waals surface area contributed by atoms with Gasteiger partial charge in [-0.15, -0.1) is 0 Å². The van der Waals surface area contributed by atoms with Crippen LogP contribution in [0.2, 0.25) is 0 Å². The molecule has 0 aromatic carbocycles. The van der Waals surface area contributed by atoms with E-state index in [4.69, 9.17) is 15.3 Å². The van der Waals surface area contributed by atoms with Crippen LogP contribution >= 0.6 is 0 Å². The largest absolute Gasteiger partial charge is 0.481 e. The van der Waals surface area contributed by atoms with Gasteiger partial charge in [-0.3, -0.25) is 14.4 Å². The highest BCUT2D eigenvalue weighted by atomic mass is 16.4. The van der Waals surface area contributed by atoms with Crippen molar-refractivity contribution >= 4 is 17.9 Å². The van der Waals surface area contributed by atoms with Gasteiger partial charge in [0.15, 0.2) is 0 Å².